The van der Waals surface area contributed by atoms with Crippen molar-refractivity contribution in [3.63, 3.8) is 0 Å². The van der Waals surface area contributed by atoms with E-state index in [0.717, 1.165) is 0 Å². The molecular weight excluding hydrogens is 414 g/mol. The third-order valence-corrected chi connectivity index (χ3v) is 4.09. The van der Waals surface area contributed by atoms with Crippen molar-refractivity contribution < 1.29 is 31.1 Å². The number of benzene rings is 2. The van der Waals surface area contributed by atoms with Gasteiger partial charge in [0.2, 0.25) is 0 Å². The number of H-pyrrole nitrogens is 1. The molecule has 1 heterocycles. The molecule has 0 radical (unpaired) electrons. The number of alkyl halides is 6. The fourth-order valence-electron chi connectivity index (χ4n) is 2.70. The number of halogens is 6. The van der Waals surface area contributed by atoms with Crippen LogP contribution in [0.25, 0.3) is 11.3 Å². The number of nitrogens with one attached hydrogen (secondary N) is 1. The number of aromatic nitrogens is 3. The van der Waals surface area contributed by atoms with Gasteiger partial charge in [-0.3, -0.25) is 4.99 Å². The van der Waals surface area contributed by atoms with Gasteiger partial charge in [0.25, 0.3) is 0 Å². The van der Waals surface area contributed by atoms with E-state index in [2.05, 4.69) is 20.4 Å². The molecule has 0 amide bonds. The topological polar surface area (TPSA) is 63.2 Å². The van der Waals surface area contributed by atoms with Crippen LogP contribution in [0.3, 0.4) is 0 Å². The highest BCUT2D eigenvalue weighted by atomic mass is 19.4. The molecule has 0 fully saturated rings. The lowest BCUT2D eigenvalue weighted by atomic mass is 10.0. The normalized spacial score (nSPS) is 12.5. The highest BCUT2D eigenvalue weighted by molar-refractivity contribution is 5.86. The standard InChI is InChI=1S/C19H14F6N4O/c1-26-9-16-17(28-29-27-16)11-2-5-14(6-3-11)30-10-12-8-13(18(20,21)22)4-7-15(12)19(23,24)25/h2-9H,10H2,1H3,(H,27,28,29). The van der Waals surface area contributed by atoms with Crippen LogP contribution in [0.1, 0.15) is 22.4 Å². The summed E-state index contributed by atoms with van der Waals surface area (Å²) in [5.41, 5.74) is -1.34. The van der Waals surface area contributed by atoms with Gasteiger partial charge in [-0.15, -0.1) is 0 Å². The van der Waals surface area contributed by atoms with E-state index < -0.39 is 35.6 Å². The Morgan fingerprint density at radius 2 is 1.67 bits per heavy atom. The van der Waals surface area contributed by atoms with Gasteiger partial charge in [-0.1, -0.05) is 0 Å². The van der Waals surface area contributed by atoms with Crippen LogP contribution in [0.5, 0.6) is 5.75 Å². The second-order valence-corrected chi connectivity index (χ2v) is 6.13. The van der Waals surface area contributed by atoms with Crippen LogP contribution >= 0.6 is 0 Å². The summed E-state index contributed by atoms with van der Waals surface area (Å²) in [7, 11) is 1.57. The van der Waals surface area contributed by atoms with Crippen LogP contribution in [0, 0.1) is 0 Å². The van der Waals surface area contributed by atoms with E-state index in [1.165, 1.54) is 18.3 Å². The minimum atomic E-state index is -4.81. The number of ether oxygens (including phenoxy) is 1. The van der Waals surface area contributed by atoms with Gasteiger partial charge in [0.15, 0.2) is 0 Å². The van der Waals surface area contributed by atoms with Crippen molar-refractivity contribution >= 4 is 6.21 Å². The van der Waals surface area contributed by atoms with Gasteiger partial charge in [-0.05, 0) is 42.5 Å². The van der Waals surface area contributed by atoms with Gasteiger partial charge in [0, 0.05) is 18.2 Å². The Balaban J connectivity index is 1.82. The molecule has 0 aliphatic carbocycles. The van der Waals surface area contributed by atoms with E-state index >= 15 is 0 Å². The molecule has 0 atom stereocenters. The Morgan fingerprint density at radius 1 is 0.967 bits per heavy atom. The molecular formula is C19H14F6N4O. The molecule has 0 saturated heterocycles. The molecule has 2 aromatic carbocycles. The first kappa shape index (κ1) is 21.3. The zero-order valence-electron chi connectivity index (χ0n) is 15.3. The third kappa shape index (κ3) is 4.78. The third-order valence-electron chi connectivity index (χ3n) is 4.09. The van der Waals surface area contributed by atoms with Crippen molar-refractivity contribution in [3.05, 3.63) is 64.8 Å². The summed E-state index contributed by atoms with van der Waals surface area (Å²) < 4.78 is 83.4. The molecule has 0 aliphatic heterocycles. The minimum Gasteiger partial charge on any atom is -0.489 e. The van der Waals surface area contributed by atoms with Crippen molar-refractivity contribution in [3.8, 4) is 17.0 Å². The molecule has 1 aromatic heterocycles. The Morgan fingerprint density at radius 3 is 2.27 bits per heavy atom. The van der Waals surface area contributed by atoms with Gasteiger partial charge < -0.3 is 4.74 Å². The number of rotatable bonds is 5. The Hall–Kier alpha value is -3.37. The van der Waals surface area contributed by atoms with Gasteiger partial charge in [-0.2, -0.15) is 41.8 Å². The van der Waals surface area contributed by atoms with Gasteiger partial charge in [-0.25, -0.2) is 0 Å². The lowest BCUT2D eigenvalue weighted by molar-refractivity contribution is -0.142. The summed E-state index contributed by atoms with van der Waals surface area (Å²) in [5.74, 6) is 0.179. The molecule has 30 heavy (non-hydrogen) atoms. The molecule has 0 spiro atoms. The SMILES string of the molecule is CN=Cc1n[nH]nc1-c1ccc(OCc2cc(C(F)(F)F)ccc2C(F)(F)F)cc1. The van der Waals surface area contributed by atoms with Crippen LogP contribution in [0.2, 0.25) is 0 Å². The van der Waals surface area contributed by atoms with Crippen molar-refractivity contribution in [2.24, 2.45) is 4.99 Å². The zero-order chi connectivity index (χ0) is 21.9. The molecule has 0 bridgehead atoms. The summed E-state index contributed by atoms with van der Waals surface area (Å²) in [6, 6.07) is 7.38. The Bertz CT molecular complexity index is 1040. The van der Waals surface area contributed by atoms with Crippen LogP contribution in [0.4, 0.5) is 26.3 Å². The number of aliphatic imine (C=N–C) groups is 1. The molecule has 0 saturated carbocycles. The Kier molecular flexibility index (Phi) is 5.81. The average Bonchev–Trinajstić information content (AvgIpc) is 3.14. The van der Waals surface area contributed by atoms with Gasteiger partial charge in [0.05, 0.1) is 17.3 Å². The van der Waals surface area contributed by atoms with Crippen LogP contribution in [0.15, 0.2) is 47.5 Å². The number of hydrogen-bond donors (Lipinski definition) is 1. The van der Waals surface area contributed by atoms with E-state index in [1.54, 1.807) is 19.2 Å². The maximum Gasteiger partial charge on any atom is 0.416 e. The molecule has 158 valence electrons. The van der Waals surface area contributed by atoms with Crippen molar-refractivity contribution in [2.75, 3.05) is 7.05 Å². The number of hydrogen-bond acceptors (Lipinski definition) is 4. The van der Waals surface area contributed by atoms with Gasteiger partial charge in [0.1, 0.15) is 23.7 Å². The van der Waals surface area contributed by atoms with Crippen molar-refractivity contribution in [2.45, 2.75) is 19.0 Å². The quantitative estimate of drug-likeness (QED) is 0.452. The molecule has 5 nitrogen and oxygen atoms in total. The molecule has 3 aromatic rings. The van der Waals surface area contributed by atoms with E-state index in [0.29, 0.717) is 35.2 Å². The maximum absolute atomic E-state index is 13.1. The summed E-state index contributed by atoms with van der Waals surface area (Å²) >= 11 is 0. The fraction of sp³-hybridized carbons (Fsp3) is 0.211. The first-order valence-corrected chi connectivity index (χ1v) is 8.43. The van der Waals surface area contributed by atoms with E-state index in [9.17, 15) is 26.3 Å². The number of aromatic amines is 1. The Labute approximate surface area is 166 Å². The molecule has 11 heteroatoms. The molecule has 3 rings (SSSR count). The van der Waals surface area contributed by atoms with Crippen molar-refractivity contribution in [1.82, 2.24) is 15.4 Å². The van der Waals surface area contributed by atoms with Crippen LogP contribution in [-0.2, 0) is 19.0 Å². The van der Waals surface area contributed by atoms with Crippen LogP contribution in [-0.4, -0.2) is 28.7 Å². The maximum atomic E-state index is 13.1. The second kappa shape index (κ2) is 8.17. The lowest BCUT2D eigenvalue weighted by Gasteiger charge is -2.16. The minimum absolute atomic E-state index is 0.179. The predicted molar refractivity (Wildman–Crippen MR) is 96.1 cm³/mol. The largest absolute Gasteiger partial charge is 0.489 e. The highest BCUT2D eigenvalue weighted by Gasteiger charge is 2.37. The van der Waals surface area contributed by atoms with E-state index in [-0.39, 0.29) is 5.75 Å². The lowest BCUT2D eigenvalue weighted by Crippen LogP contribution is -2.14. The van der Waals surface area contributed by atoms with E-state index in [4.69, 9.17) is 4.74 Å². The first-order chi connectivity index (χ1) is 14.1. The first-order valence-electron chi connectivity index (χ1n) is 8.43. The average molecular weight is 428 g/mol. The smallest absolute Gasteiger partial charge is 0.416 e. The molecule has 0 unspecified atom stereocenters. The molecule has 0 aliphatic rings. The highest BCUT2D eigenvalue weighted by Crippen LogP contribution is 2.37. The fourth-order valence-corrected chi connectivity index (χ4v) is 2.70. The predicted octanol–water partition coefficient (Wildman–Crippen LogP) is 5.14. The monoisotopic (exact) mass is 428 g/mol. The van der Waals surface area contributed by atoms with Crippen molar-refractivity contribution in [1.29, 1.82) is 0 Å². The summed E-state index contributed by atoms with van der Waals surface area (Å²) in [6.07, 6.45) is -8.08. The zero-order valence-corrected chi connectivity index (χ0v) is 15.3. The van der Waals surface area contributed by atoms with Gasteiger partial charge >= 0.3 is 12.4 Å². The summed E-state index contributed by atoms with van der Waals surface area (Å²) in [4.78, 5) is 3.85. The number of nitrogens with zero attached hydrogens (tertiary/aromatic N) is 3. The van der Waals surface area contributed by atoms with E-state index in [1.807, 2.05) is 0 Å². The summed E-state index contributed by atoms with van der Waals surface area (Å²) in [5, 5.41) is 10.4. The molecule has 1 N–H and O–H groups in total. The summed E-state index contributed by atoms with van der Waals surface area (Å²) in [6.45, 7) is -0.685. The van der Waals surface area contributed by atoms with Crippen LogP contribution < -0.4 is 4.74 Å². The second-order valence-electron chi connectivity index (χ2n) is 6.13.